The lowest BCUT2D eigenvalue weighted by Crippen LogP contribution is -2.51. The van der Waals surface area contributed by atoms with Crippen molar-refractivity contribution in [1.29, 1.82) is 0 Å². The molecule has 0 radical (unpaired) electrons. The number of halogens is 1. The molecule has 1 saturated carbocycles. The van der Waals surface area contributed by atoms with Gasteiger partial charge in [-0.1, -0.05) is 19.8 Å². The molecule has 0 spiro atoms. The van der Waals surface area contributed by atoms with Crippen LogP contribution >= 0.6 is 15.9 Å². The molecule has 144 valence electrons. The van der Waals surface area contributed by atoms with Gasteiger partial charge in [-0.25, -0.2) is 0 Å². The average Bonchev–Trinajstić information content (AvgIpc) is 3.21. The van der Waals surface area contributed by atoms with E-state index >= 15 is 0 Å². The highest BCUT2D eigenvalue weighted by atomic mass is 79.9. The Morgan fingerprint density at radius 3 is 2.50 bits per heavy atom. The molecule has 1 aliphatic carbocycles. The number of amides is 1. The van der Waals surface area contributed by atoms with Crippen molar-refractivity contribution in [3.05, 3.63) is 22.2 Å². The van der Waals surface area contributed by atoms with Crippen molar-refractivity contribution in [3.63, 3.8) is 0 Å². The van der Waals surface area contributed by atoms with Crippen LogP contribution in [0.4, 0.5) is 0 Å². The minimum Gasteiger partial charge on any atom is -0.493 e. The molecule has 1 aromatic rings. The van der Waals surface area contributed by atoms with E-state index < -0.39 is 0 Å². The smallest absolute Gasteiger partial charge is 0.254 e. The Morgan fingerprint density at radius 1 is 1.19 bits per heavy atom. The average molecular weight is 425 g/mol. The van der Waals surface area contributed by atoms with E-state index in [0.29, 0.717) is 23.7 Å². The number of methoxy groups -OCH3 is 1. The third kappa shape index (κ3) is 4.34. The van der Waals surface area contributed by atoms with Gasteiger partial charge in [0, 0.05) is 37.8 Å². The standard InChI is InChI=1S/C20H29BrN2O3/c1-3-12-26-19-17(21)13-15(14-18(19)25-2)20(24)23-10-8-22(9-11-23)16-6-4-5-7-16/h13-14,16H,3-12H2,1-2H3. The summed E-state index contributed by atoms with van der Waals surface area (Å²) in [6.45, 7) is 6.22. The van der Waals surface area contributed by atoms with Crippen LogP contribution in [0.2, 0.25) is 0 Å². The maximum absolute atomic E-state index is 13.0. The second-order valence-corrected chi connectivity index (χ2v) is 7.96. The molecule has 0 atom stereocenters. The molecule has 5 nitrogen and oxygen atoms in total. The Labute approximate surface area is 164 Å². The molecular weight excluding hydrogens is 396 g/mol. The summed E-state index contributed by atoms with van der Waals surface area (Å²) in [4.78, 5) is 17.5. The fourth-order valence-corrected chi connectivity index (χ4v) is 4.49. The predicted molar refractivity (Wildman–Crippen MR) is 106 cm³/mol. The minimum atomic E-state index is 0.0668. The largest absolute Gasteiger partial charge is 0.493 e. The van der Waals surface area contributed by atoms with Crippen molar-refractivity contribution in [2.45, 2.75) is 45.1 Å². The highest BCUT2D eigenvalue weighted by Crippen LogP contribution is 2.37. The first-order valence-corrected chi connectivity index (χ1v) is 10.5. The van der Waals surface area contributed by atoms with Gasteiger partial charge in [-0.2, -0.15) is 0 Å². The summed E-state index contributed by atoms with van der Waals surface area (Å²) in [7, 11) is 1.61. The lowest BCUT2D eigenvalue weighted by Gasteiger charge is -2.38. The first kappa shape index (κ1) is 19.5. The lowest BCUT2D eigenvalue weighted by atomic mass is 10.1. The summed E-state index contributed by atoms with van der Waals surface area (Å²) in [6.07, 6.45) is 6.25. The van der Waals surface area contributed by atoms with E-state index in [4.69, 9.17) is 9.47 Å². The van der Waals surface area contributed by atoms with E-state index in [1.807, 2.05) is 11.0 Å². The van der Waals surface area contributed by atoms with Crippen LogP contribution in [0.3, 0.4) is 0 Å². The maximum atomic E-state index is 13.0. The molecule has 0 bridgehead atoms. The Balaban J connectivity index is 1.67. The molecule has 6 heteroatoms. The van der Waals surface area contributed by atoms with Gasteiger partial charge >= 0.3 is 0 Å². The zero-order valence-electron chi connectivity index (χ0n) is 15.8. The third-order valence-electron chi connectivity index (χ3n) is 5.37. The van der Waals surface area contributed by atoms with Crippen molar-refractivity contribution >= 4 is 21.8 Å². The molecule has 0 aromatic heterocycles. The summed E-state index contributed by atoms with van der Waals surface area (Å²) >= 11 is 3.53. The van der Waals surface area contributed by atoms with E-state index in [1.165, 1.54) is 25.7 Å². The zero-order valence-corrected chi connectivity index (χ0v) is 17.4. The van der Waals surface area contributed by atoms with Crippen molar-refractivity contribution in [3.8, 4) is 11.5 Å². The van der Waals surface area contributed by atoms with E-state index in [9.17, 15) is 4.79 Å². The van der Waals surface area contributed by atoms with Crippen LogP contribution < -0.4 is 9.47 Å². The van der Waals surface area contributed by atoms with Crippen LogP contribution in [0.5, 0.6) is 11.5 Å². The summed E-state index contributed by atoms with van der Waals surface area (Å²) in [6, 6.07) is 4.37. The van der Waals surface area contributed by atoms with Crippen molar-refractivity contribution in [2.75, 3.05) is 39.9 Å². The number of carbonyl (C=O) groups excluding carboxylic acids is 1. The lowest BCUT2D eigenvalue weighted by molar-refractivity contribution is 0.0573. The molecule has 1 heterocycles. The minimum absolute atomic E-state index is 0.0668. The van der Waals surface area contributed by atoms with Gasteiger partial charge in [-0.15, -0.1) is 0 Å². The number of nitrogens with zero attached hydrogens (tertiary/aromatic N) is 2. The van der Waals surface area contributed by atoms with E-state index in [2.05, 4.69) is 27.8 Å². The normalized spacial score (nSPS) is 19.0. The van der Waals surface area contributed by atoms with Gasteiger partial charge in [0.05, 0.1) is 18.2 Å². The van der Waals surface area contributed by atoms with E-state index in [-0.39, 0.29) is 5.91 Å². The summed E-state index contributed by atoms with van der Waals surface area (Å²) in [5, 5.41) is 0. The Kier molecular flexibility index (Phi) is 6.81. The Bertz CT molecular complexity index is 624. The van der Waals surface area contributed by atoms with E-state index in [1.54, 1.807) is 13.2 Å². The van der Waals surface area contributed by atoms with E-state index in [0.717, 1.165) is 43.1 Å². The monoisotopic (exact) mass is 424 g/mol. The second-order valence-electron chi connectivity index (χ2n) is 7.10. The van der Waals surface area contributed by atoms with Crippen molar-refractivity contribution in [1.82, 2.24) is 9.80 Å². The van der Waals surface area contributed by atoms with Gasteiger partial charge in [-0.3, -0.25) is 9.69 Å². The first-order chi connectivity index (χ1) is 12.6. The molecule has 1 saturated heterocycles. The molecule has 3 rings (SSSR count). The Hall–Kier alpha value is -1.27. The molecule has 0 N–H and O–H groups in total. The fraction of sp³-hybridized carbons (Fsp3) is 0.650. The van der Waals surface area contributed by atoms with Gasteiger partial charge in [0.1, 0.15) is 0 Å². The van der Waals surface area contributed by atoms with Crippen LogP contribution in [-0.4, -0.2) is 61.6 Å². The van der Waals surface area contributed by atoms with Crippen LogP contribution in [0.25, 0.3) is 0 Å². The fourth-order valence-electron chi connectivity index (χ4n) is 3.93. The van der Waals surface area contributed by atoms with Crippen LogP contribution in [-0.2, 0) is 0 Å². The number of rotatable bonds is 6. The zero-order chi connectivity index (χ0) is 18.5. The number of piperazine rings is 1. The number of benzene rings is 1. The summed E-state index contributed by atoms with van der Waals surface area (Å²) in [5.74, 6) is 1.33. The highest BCUT2D eigenvalue weighted by molar-refractivity contribution is 9.10. The SMILES string of the molecule is CCCOc1c(Br)cc(C(=O)N2CCN(C3CCCC3)CC2)cc1OC. The number of carbonyl (C=O) groups is 1. The van der Waals surface area contributed by atoms with Gasteiger partial charge in [-0.05, 0) is 47.3 Å². The molecule has 1 aromatic carbocycles. The molecule has 26 heavy (non-hydrogen) atoms. The molecular formula is C20H29BrN2O3. The van der Waals surface area contributed by atoms with Crippen molar-refractivity contribution < 1.29 is 14.3 Å². The van der Waals surface area contributed by atoms with Crippen LogP contribution in [0, 0.1) is 0 Å². The molecule has 2 aliphatic rings. The number of ether oxygens (including phenoxy) is 2. The molecule has 1 amide bonds. The highest BCUT2D eigenvalue weighted by Gasteiger charge is 2.28. The molecule has 0 unspecified atom stereocenters. The van der Waals surface area contributed by atoms with Crippen LogP contribution in [0.15, 0.2) is 16.6 Å². The maximum Gasteiger partial charge on any atom is 0.254 e. The second kappa shape index (κ2) is 9.09. The van der Waals surface area contributed by atoms with Crippen LogP contribution in [0.1, 0.15) is 49.4 Å². The number of hydrogen-bond donors (Lipinski definition) is 0. The third-order valence-corrected chi connectivity index (χ3v) is 5.96. The number of hydrogen-bond acceptors (Lipinski definition) is 4. The molecule has 2 fully saturated rings. The summed E-state index contributed by atoms with van der Waals surface area (Å²) < 4.78 is 12.0. The van der Waals surface area contributed by atoms with Gasteiger partial charge in [0.15, 0.2) is 11.5 Å². The topological polar surface area (TPSA) is 42.0 Å². The Morgan fingerprint density at radius 2 is 1.88 bits per heavy atom. The predicted octanol–water partition coefficient (Wildman–Crippen LogP) is 3.95. The summed E-state index contributed by atoms with van der Waals surface area (Å²) in [5.41, 5.74) is 0.645. The quantitative estimate of drug-likeness (QED) is 0.693. The molecule has 1 aliphatic heterocycles. The van der Waals surface area contributed by atoms with Crippen molar-refractivity contribution in [2.24, 2.45) is 0 Å². The van der Waals surface area contributed by atoms with Gasteiger partial charge < -0.3 is 14.4 Å². The van der Waals surface area contributed by atoms with Gasteiger partial charge in [0.2, 0.25) is 0 Å². The first-order valence-electron chi connectivity index (χ1n) is 9.67. The van der Waals surface area contributed by atoms with Gasteiger partial charge in [0.25, 0.3) is 5.91 Å².